The van der Waals surface area contributed by atoms with Crippen molar-refractivity contribution in [2.45, 2.75) is 77.1 Å². The molecule has 0 saturated heterocycles. The zero-order valence-corrected chi connectivity index (χ0v) is 15.9. The number of Topliss-reactive ketones (excluding diaryl/α,β-unsaturated/α-hetero) is 1. The third-order valence-electron chi connectivity index (χ3n) is 8.79. The number of aliphatic hydroxyl groups excluding tert-OH is 2. The molecule has 0 bridgehead atoms. The second-order valence-electron chi connectivity index (χ2n) is 9.62. The van der Waals surface area contributed by atoms with Crippen LogP contribution in [-0.2, 0) is 9.59 Å². The van der Waals surface area contributed by atoms with Gasteiger partial charge in [0.05, 0.1) is 6.10 Å². The minimum absolute atomic E-state index is 0.00389. The van der Waals surface area contributed by atoms with Crippen LogP contribution in [0.25, 0.3) is 0 Å². The molecule has 0 radical (unpaired) electrons. The molecule has 3 saturated carbocycles. The normalized spacial score (nSPS) is 53.4. The van der Waals surface area contributed by atoms with Crippen molar-refractivity contribution in [3.05, 3.63) is 11.6 Å². The highest BCUT2D eigenvalue weighted by Gasteiger charge is 2.68. The first-order chi connectivity index (χ1) is 12.1. The van der Waals surface area contributed by atoms with Crippen molar-refractivity contribution in [2.24, 2.45) is 28.6 Å². The first-order valence-electron chi connectivity index (χ1n) is 9.91. The Bertz CT molecular complexity index is 699. The smallest absolute Gasteiger partial charge is 0.161 e. The van der Waals surface area contributed by atoms with Crippen LogP contribution in [0.15, 0.2) is 11.6 Å². The highest BCUT2D eigenvalue weighted by Crippen LogP contribution is 2.67. The summed E-state index contributed by atoms with van der Waals surface area (Å²) in [4.78, 5) is 24.2. The van der Waals surface area contributed by atoms with Gasteiger partial charge in [-0.25, -0.2) is 0 Å². The minimum Gasteiger partial charge on any atom is -0.390 e. The summed E-state index contributed by atoms with van der Waals surface area (Å²) in [7, 11) is 0. The van der Waals surface area contributed by atoms with E-state index in [0.717, 1.165) is 12.8 Å². The molecule has 3 fully saturated rings. The molecular formula is C21H30O5. The summed E-state index contributed by atoms with van der Waals surface area (Å²) < 4.78 is 0. The molecule has 0 aromatic rings. The number of hydrogen-bond donors (Lipinski definition) is 3. The average Bonchev–Trinajstić information content (AvgIpc) is 2.87. The standard InChI is InChI=1S/C21H30O5/c1-11(22)21(26)9-6-14-16-13(5-8-20(14,21)3)19(2)7-4-12(23)10-15(19)17(24)18(16)25/h10,13-14,16-18,24-26H,4-9H2,1-3H3/t13-,14-,16+,17+,18+,19+,20-,21-/m0/s1. The number of carbonyl (C=O) groups is 2. The van der Waals surface area contributed by atoms with E-state index in [9.17, 15) is 24.9 Å². The summed E-state index contributed by atoms with van der Waals surface area (Å²) in [5.41, 5.74) is -1.52. The molecule has 0 spiro atoms. The van der Waals surface area contributed by atoms with Gasteiger partial charge in [-0.3, -0.25) is 9.59 Å². The number of hydrogen-bond acceptors (Lipinski definition) is 5. The van der Waals surface area contributed by atoms with Gasteiger partial charge in [-0.05, 0) is 73.8 Å². The van der Waals surface area contributed by atoms with Gasteiger partial charge in [0.15, 0.2) is 11.6 Å². The quantitative estimate of drug-likeness (QED) is 0.661. The maximum Gasteiger partial charge on any atom is 0.161 e. The first kappa shape index (κ1) is 18.3. The molecule has 5 nitrogen and oxygen atoms in total. The van der Waals surface area contributed by atoms with Crippen molar-refractivity contribution in [3.63, 3.8) is 0 Å². The molecular weight excluding hydrogens is 332 g/mol. The van der Waals surface area contributed by atoms with Crippen LogP contribution in [0.5, 0.6) is 0 Å². The van der Waals surface area contributed by atoms with Gasteiger partial charge < -0.3 is 15.3 Å². The van der Waals surface area contributed by atoms with Crippen molar-refractivity contribution in [3.8, 4) is 0 Å². The second kappa shape index (κ2) is 5.49. The highest BCUT2D eigenvalue weighted by atomic mass is 16.3. The largest absolute Gasteiger partial charge is 0.390 e. The number of carbonyl (C=O) groups excluding carboxylic acids is 2. The van der Waals surface area contributed by atoms with Crippen LogP contribution >= 0.6 is 0 Å². The first-order valence-corrected chi connectivity index (χ1v) is 9.91. The predicted molar refractivity (Wildman–Crippen MR) is 95.1 cm³/mol. The lowest BCUT2D eigenvalue weighted by molar-refractivity contribution is -0.180. The van der Waals surface area contributed by atoms with Gasteiger partial charge in [0.1, 0.15) is 11.7 Å². The van der Waals surface area contributed by atoms with E-state index < -0.39 is 23.2 Å². The van der Waals surface area contributed by atoms with E-state index >= 15 is 0 Å². The van der Waals surface area contributed by atoms with Gasteiger partial charge in [-0.1, -0.05) is 13.8 Å². The number of ketones is 2. The van der Waals surface area contributed by atoms with Gasteiger partial charge in [0.2, 0.25) is 0 Å². The van der Waals surface area contributed by atoms with Crippen LogP contribution in [0, 0.1) is 28.6 Å². The molecule has 8 atom stereocenters. The van der Waals surface area contributed by atoms with Crippen molar-refractivity contribution in [1.82, 2.24) is 0 Å². The minimum atomic E-state index is -1.34. The van der Waals surface area contributed by atoms with Crippen LogP contribution in [-0.4, -0.2) is 44.7 Å². The Kier molecular flexibility index (Phi) is 3.87. The molecule has 144 valence electrons. The summed E-state index contributed by atoms with van der Waals surface area (Å²) in [5, 5.41) is 33.0. The van der Waals surface area contributed by atoms with E-state index in [2.05, 4.69) is 6.92 Å². The molecule has 0 aromatic heterocycles. The van der Waals surface area contributed by atoms with E-state index in [1.54, 1.807) is 6.08 Å². The molecule has 0 aliphatic heterocycles. The third kappa shape index (κ3) is 2.02. The third-order valence-corrected chi connectivity index (χ3v) is 8.79. The summed E-state index contributed by atoms with van der Waals surface area (Å²) in [5.74, 6) is -0.174. The molecule has 5 heteroatoms. The van der Waals surface area contributed by atoms with Crippen molar-refractivity contribution < 1.29 is 24.9 Å². The van der Waals surface area contributed by atoms with Crippen molar-refractivity contribution >= 4 is 11.6 Å². The summed E-state index contributed by atoms with van der Waals surface area (Å²) in [6.07, 6.45) is 3.37. The van der Waals surface area contributed by atoms with E-state index in [1.807, 2.05) is 6.92 Å². The van der Waals surface area contributed by atoms with Gasteiger partial charge >= 0.3 is 0 Å². The van der Waals surface area contributed by atoms with Crippen LogP contribution < -0.4 is 0 Å². The Hall–Kier alpha value is -1.04. The molecule has 0 unspecified atom stereocenters. The van der Waals surface area contributed by atoms with Crippen LogP contribution in [0.3, 0.4) is 0 Å². The Morgan fingerprint density at radius 1 is 1.12 bits per heavy atom. The second-order valence-corrected chi connectivity index (χ2v) is 9.62. The van der Waals surface area contributed by atoms with Crippen LogP contribution in [0.2, 0.25) is 0 Å². The molecule has 4 aliphatic carbocycles. The molecule has 0 aromatic carbocycles. The predicted octanol–water partition coefficient (Wildman–Crippen LogP) is 1.78. The molecule has 0 heterocycles. The molecule has 3 N–H and O–H groups in total. The molecule has 26 heavy (non-hydrogen) atoms. The fourth-order valence-corrected chi connectivity index (χ4v) is 7.17. The zero-order valence-electron chi connectivity index (χ0n) is 15.9. The Labute approximate surface area is 154 Å². The fraction of sp³-hybridized carbons (Fsp3) is 0.810. The van der Waals surface area contributed by atoms with Gasteiger partial charge in [0, 0.05) is 11.8 Å². The lowest BCUT2D eigenvalue weighted by atomic mass is 9.45. The summed E-state index contributed by atoms with van der Waals surface area (Å²) in [6, 6.07) is 0. The SMILES string of the molecule is CC(=O)[C@@]1(O)CC[C@H]2[C@@H]3[C@@H](O)[C@H](O)C4=CC(=O)CC[C@]4(C)[C@H]3CC[C@@]21C. The number of rotatable bonds is 1. The van der Waals surface area contributed by atoms with E-state index in [-0.39, 0.29) is 34.7 Å². The van der Waals surface area contributed by atoms with E-state index in [1.165, 1.54) is 6.92 Å². The van der Waals surface area contributed by atoms with E-state index in [4.69, 9.17) is 0 Å². The van der Waals surface area contributed by atoms with Crippen LogP contribution in [0.4, 0.5) is 0 Å². The van der Waals surface area contributed by atoms with Crippen LogP contribution in [0.1, 0.15) is 59.3 Å². The molecule has 4 rings (SSSR count). The lowest BCUT2D eigenvalue weighted by Crippen LogP contribution is -2.63. The molecule has 4 aliphatic rings. The Morgan fingerprint density at radius 2 is 1.77 bits per heavy atom. The molecule has 0 amide bonds. The van der Waals surface area contributed by atoms with Gasteiger partial charge in [-0.2, -0.15) is 0 Å². The van der Waals surface area contributed by atoms with E-state index in [0.29, 0.717) is 31.3 Å². The average molecular weight is 362 g/mol. The Balaban J connectivity index is 1.78. The maximum atomic E-state index is 12.3. The van der Waals surface area contributed by atoms with Gasteiger partial charge in [0.25, 0.3) is 0 Å². The fourth-order valence-electron chi connectivity index (χ4n) is 7.17. The summed E-state index contributed by atoms with van der Waals surface area (Å²) in [6.45, 7) is 5.56. The van der Waals surface area contributed by atoms with Crippen molar-refractivity contribution in [2.75, 3.05) is 0 Å². The summed E-state index contributed by atoms with van der Waals surface area (Å²) >= 11 is 0. The Morgan fingerprint density at radius 3 is 2.42 bits per heavy atom. The number of aliphatic hydroxyl groups is 3. The number of fused-ring (bicyclic) bond motifs is 5. The highest BCUT2D eigenvalue weighted by molar-refractivity contribution is 5.92. The van der Waals surface area contributed by atoms with Gasteiger partial charge in [-0.15, -0.1) is 0 Å². The van der Waals surface area contributed by atoms with Crippen molar-refractivity contribution in [1.29, 1.82) is 0 Å². The monoisotopic (exact) mass is 362 g/mol. The maximum absolute atomic E-state index is 12.3. The topological polar surface area (TPSA) is 94.8 Å². The zero-order chi connectivity index (χ0) is 19.1. The lowest BCUT2D eigenvalue weighted by Gasteiger charge is -2.61.